The van der Waals surface area contributed by atoms with Crippen molar-refractivity contribution in [1.82, 2.24) is 9.97 Å². The van der Waals surface area contributed by atoms with Crippen molar-refractivity contribution in [3.8, 4) is 12.1 Å². The van der Waals surface area contributed by atoms with E-state index in [2.05, 4.69) is 16.0 Å². The second-order valence-electron chi connectivity index (χ2n) is 3.74. The SMILES string of the molecule is Cc1cc(C#N)nc(N2CCOC(C#N)C2)n1. The molecular formula is C11H11N5O. The van der Waals surface area contributed by atoms with Crippen LogP contribution in [-0.4, -0.2) is 35.8 Å². The molecule has 0 spiro atoms. The molecule has 0 N–H and O–H groups in total. The van der Waals surface area contributed by atoms with Gasteiger partial charge < -0.3 is 9.64 Å². The molecule has 2 rings (SSSR count). The zero-order valence-electron chi connectivity index (χ0n) is 9.42. The number of ether oxygens (including phenoxy) is 1. The Bertz CT molecular complexity index is 502. The predicted octanol–water partition coefficient (Wildman–Crippen LogP) is 0.385. The summed E-state index contributed by atoms with van der Waals surface area (Å²) in [6.07, 6.45) is -0.460. The van der Waals surface area contributed by atoms with Crippen LogP contribution in [0.5, 0.6) is 0 Å². The second-order valence-corrected chi connectivity index (χ2v) is 3.74. The Morgan fingerprint density at radius 1 is 1.47 bits per heavy atom. The number of rotatable bonds is 1. The lowest BCUT2D eigenvalue weighted by Gasteiger charge is -2.29. The maximum Gasteiger partial charge on any atom is 0.227 e. The molecule has 1 aliphatic heterocycles. The minimum absolute atomic E-state index is 0.340. The number of nitriles is 2. The Morgan fingerprint density at radius 3 is 3.00 bits per heavy atom. The van der Waals surface area contributed by atoms with Gasteiger partial charge in [-0.3, -0.25) is 0 Å². The van der Waals surface area contributed by atoms with E-state index >= 15 is 0 Å². The second kappa shape index (κ2) is 4.77. The molecule has 6 heteroatoms. The minimum atomic E-state index is -0.460. The molecular weight excluding hydrogens is 218 g/mol. The van der Waals surface area contributed by atoms with Gasteiger partial charge in [-0.25, -0.2) is 9.97 Å². The van der Waals surface area contributed by atoms with E-state index < -0.39 is 6.10 Å². The molecule has 1 unspecified atom stereocenters. The fourth-order valence-electron chi connectivity index (χ4n) is 1.66. The van der Waals surface area contributed by atoms with Gasteiger partial charge in [0.2, 0.25) is 5.95 Å². The van der Waals surface area contributed by atoms with E-state index in [0.717, 1.165) is 5.69 Å². The third-order valence-corrected chi connectivity index (χ3v) is 2.45. The molecule has 0 amide bonds. The maximum atomic E-state index is 8.85. The molecule has 0 bridgehead atoms. The topological polar surface area (TPSA) is 85.8 Å². The third-order valence-electron chi connectivity index (χ3n) is 2.45. The van der Waals surface area contributed by atoms with Gasteiger partial charge in [-0.1, -0.05) is 0 Å². The molecule has 0 aliphatic carbocycles. The Morgan fingerprint density at radius 2 is 2.29 bits per heavy atom. The number of aromatic nitrogens is 2. The lowest BCUT2D eigenvalue weighted by atomic mass is 10.3. The van der Waals surface area contributed by atoms with E-state index in [1.807, 2.05) is 17.9 Å². The number of hydrogen-bond acceptors (Lipinski definition) is 6. The van der Waals surface area contributed by atoms with Crippen molar-refractivity contribution in [3.05, 3.63) is 17.5 Å². The van der Waals surface area contributed by atoms with Crippen LogP contribution in [0.2, 0.25) is 0 Å². The van der Waals surface area contributed by atoms with E-state index in [-0.39, 0.29) is 0 Å². The van der Waals surface area contributed by atoms with Gasteiger partial charge in [0.25, 0.3) is 0 Å². The molecule has 1 saturated heterocycles. The predicted molar refractivity (Wildman–Crippen MR) is 59.1 cm³/mol. The molecule has 86 valence electrons. The number of aryl methyl sites for hydroxylation is 1. The molecule has 6 nitrogen and oxygen atoms in total. The van der Waals surface area contributed by atoms with Gasteiger partial charge in [-0.15, -0.1) is 0 Å². The highest BCUT2D eigenvalue weighted by Crippen LogP contribution is 2.14. The van der Waals surface area contributed by atoms with Crippen molar-refractivity contribution in [2.75, 3.05) is 24.6 Å². The van der Waals surface area contributed by atoms with Crippen molar-refractivity contribution in [3.63, 3.8) is 0 Å². The van der Waals surface area contributed by atoms with E-state index in [4.69, 9.17) is 15.3 Å². The highest BCUT2D eigenvalue weighted by Gasteiger charge is 2.22. The first-order chi connectivity index (χ1) is 8.22. The van der Waals surface area contributed by atoms with Gasteiger partial charge in [0.1, 0.15) is 11.8 Å². The fraction of sp³-hybridized carbons (Fsp3) is 0.455. The molecule has 1 aromatic rings. The summed E-state index contributed by atoms with van der Waals surface area (Å²) in [5.41, 5.74) is 1.08. The summed E-state index contributed by atoms with van der Waals surface area (Å²) >= 11 is 0. The first-order valence-electron chi connectivity index (χ1n) is 5.25. The van der Waals surface area contributed by atoms with Gasteiger partial charge in [-0.2, -0.15) is 10.5 Å². The molecule has 0 aromatic carbocycles. The van der Waals surface area contributed by atoms with Crippen molar-refractivity contribution >= 4 is 5.95 Å². The first-order valence-corrected chi connectivity index (χ1v) is 5.25. The Balaban J connectivity index is 2.25. The Kier molecular flexibility index (Phi) is 3.17. The van der Waals surface area contributed by atoms with Gasteiger partial charge in [0, 0.05) is 12.2 Å². The van der Waals surface area contributed by atoms with Crippen molar-refractivity contribution in [2.24, 2.45) is 0 Å². The summed E-state index contributed by atoms with van der Waals surface area (Å²) in [5, 5.41) is 17.7. The summed E-state index contributed by atoms with van der Waals surface area (Å²) in [6.45, 7) is 3.35. The van der Waals surface area contributed by atoms with Crippen LogP contribution in [0.4, 0.5) is 5.95 Å². The Labute approximate surface area is 99.1 Å². The molecule has 1 aromatic heterocycles. The van der Waals surface area contributed by atoms with E-state index in [1.165, 1.54) is 0 Å². The monoisotopic (exact) mass is 229 g/mol. The standard InChI is InChI=1S/C11H11N5O/c1-8-4-9(5-12)15-11(14-8)16-2-3-17-10(6-13)7-16/h4,10H,2-3,7H2,1H3. The van der Waals surface area contributed by atoms with Crippen molar-refractivity contribution < 1.29 is 4.74 Å². The van der Waals surface area contributed by atoms with E-state index in [0.29, 0.717) is 31.3 Å². The normalized spacial score (nSPS) is 19.5. The number of nitrogens with zero attached hydrogens (tertiary/aromatic N) is 5. The maximum absolute atomic E-state index is 8.85. The van der Waals surface area contributed by atoms with Gasteiger partial charge in [-0.05, 0) is 13.0 Å². The molecule has 1 aliphatic rings. The average molecular weight is 229 g/mol. The molecule has 0 saturated carbocycles. The van der Waals surface area contributed by atoms with Crippen LogP contribution in [-0.2, 0) is 4.74 Å². The summed E-state index contributed by atoms with van der Waals surface area (Å²) in [5.74, 6) is 0.491. The molecule has 17 heavy (non-hydrogen) atoms. The number of hydrogen-bond donors (Lipinski definition) is 0. The molecule has 1 atom stereocenters. The zero-order chi connectivity index (χ0) is 12.3. The largest absolute Gasteiger partial charge is 0.360 e. The van der Waals surface area contributed by atoms with E-state index in [9.17, 15) is 0 Å². The highest BCUT2D eigenvalue weighted by molar-refractivity contribution is 5.37. The molecule has 0 radical (unpaired) electrons. The first kappa shape index (κ1) is 11.3. The van der Waals surface area contributed by atoms with Gasteiger partial charge >= 0.3 is 0 Å². The van der Waals surface area contributed by atoms with Gasteiger partial charge in [0.05, 0.1) is 19.2 Å². The fourth-order valence-corrected chi connectivity index (χ4v) is 1.66. The molecule has 2 heterocycles. The van der Waals surface area contributed by atoms with Gasteiger partial charge in [0.15, 0.2) is 6.10 Å². The van der Waals surface area contributed by atoms with Crippen LogP contribution < -0.4 is 4.90 Å². The van der Waals surface area contributed by atoms with Crippen LogP contribution >= 0.6 is 0 Å². The number of anilines is 1. The minimum Gasteiger partial charge on any atom is -0.360 e. The third kappa shape index (κ3) is 2.49. The summed E-state index contributed by atoms with van der Waals surface area (Å²) < 4.78 is 5.24. The van der Waals surface area contributed by atoms with Crippen LogP contribution in [0.25, 0.3) is 0 Å². The lowest BCUT2D eigenvalue weighted by Crippen LogP contribution is -2.42. The summed E-state index contributed by atoms with van der Waals surface area (Å²) in [7, 11) is 0. The van der Waals surface area contributed by atoms with Crippen LogP contribution in [0.1, 0.15) is 11.4 Å². The zero-order valence-corrected chi connectivity index (χ0v) is 9.42. The Hall–Kier alpha value is -2.18. The van der Waals surface area contributed by atoms with Crippen molar-refractivity contribution in [2.45, 2.75) is 13.0 Å². The average Bonchev–Trinajstić information content (AvgIpc) is 2.38. The smallest absolute Gasteiger partial charge is 0.227 e. The van der Waals surface area contributed by atoms with E-state index in [1.54, 1.807) is 6.07 Å². The summed E-state index contributed by atoms with van der Waals surface area (Å²) in [6, 6.07) is 5.69. The van der Waals surface area contributed by atoms with Crippen LogP contribution in [0.15, 0.2) is 6.07 Å². The summed E-state index contributed by atoms with van der Waals surface area (Å²) in [4.78, 5) is 10.3. The van der Waals surface area contributed by atoms with Crippen molar-refractivity contribution in [1.29, 1.82) is 10.5 Å². The highest BCUT2D eigenvalue weighted by atomic mass is 16.5. The number of morpholine rings is 1. The van der Waals surface area contributed by atoms with Crippen LogP contribution in [0.3, 0.4) is 0 Å². The quantitative estimate of drug-likeness (QED) is 0.692. The van der Waals surface area contributed by atoms with Crippen LogP contribution in [0, 0.1) is 29.6 Å². The molecule has 1 fully saturated rings. The lowest BCUT2D eigenvalue weighted by molar-refractivity contribution is 0.0758.